The van der Waals surface area contributed by atoms with Gasteiger partial charge in [0, 0.05) is 12.7 Å². The number of aromatic hydroxyl groups is 1. The number of nitrogens with zero attached hydrogens (tertiary/aromatic N) is 1. The minimum absolute atomic E-state index is 0.0182. The Bertz CT molecular complexity index is 430. The van der Waals surface area contributed by atoms with Gasteiger partial charge in [0.2, 0.25) is 0 Å². The van der Waals surface area contributed by atoms with Gasteiger partial charge in [0.05, 0.1) is 6.10 Å². The molecule has 3 N–H and O–H groups in total. The molecule has 0 aliphatic carbocycles. The highest BCUT2D eigenvalue weighted by molar-refractivity contribution is 9.10. The van der Waals surface area contributed by atoms with Crippen molar-refractivity contribution in [2.45, 2.75) is 25.6 Å². The molecule has 0 bridgehead atoms. The van der Waals surface area contributed by atoms with Gasteiger partial charge in [-0.05, 0) is 34.5 Å². The van der Waals surface area contributed by atoms with Crippen molar-refractivity contribution in [1.29, 1.82) is 0 Å². The fraction of sp³-hybridized carbons (Fsp3) is 0.455. The van der Waals surface area contributed by atoms with Crippen molar-refractivity contribution in [3.63, 3.8) is 0 Å². The molecule has 1 rings (SSSR count). The first-order chi connectivity index (χ1) is 8.41. The van der Waals surface area contributed by atoms with Crippen LogP contribution >= 0.6 is 27.7 Å². The van der Waals surface area contributed by atoms with E-state index in [-0.39, 0.29) is 23.0 Å². The minimum atomic E-state index is -1.28. The van der Waals surface area contributed by atoms with Crippen molar-refractivity contribution in [2.75, 3.05) is 5.75 Å². The average Bonchev–Trinajstić information content (AvgIpc) is 2.30. The molecule has 2 unspecified atom stereocenters. The fourth-order valence-corrected chi connectivity index (χ4v) is 2.29. The van der Waals surface area contributed by atoms with E-state index in [2.05, 4.69) is 20.9 Å². The Morgan fingerprint density at radius 2 is 2.17 bits per heavy atom. The predicted molar refractivity (Wildman–Crippen MR) is 72.3 cm³/mol. The standard InChI is InChI=1S/C11H14BrNO4S/c1-6(14)18-5-4-8(16)11(17)10-7(15)2-3-9(12)13-10/h2-3,8,11,15-17H,4-5H2,1H3. The van der Waals surface area contributed by atoms with E-state index < -0.39 is 12.2 Å². The number of hydrogen-bond acceptors (Lipinski definition) is 6. The zero-order chi connectivity index (χ0) is 13.7. The van der Waals surface area contributed by atoms with Gasteiger partial charge in [-0.1, -0.05) is 11.8 Å². The van der Waals surface area contributed by atoms with Gasteiger partial charge in [-0.15, -0.1) is 0 Å². The average molecular weight is 336 g/mol. The molecule has 1 aromatic rings. The number of carbonyl (C=O) groups excluding carboxylic acids is 1. The van der Waals surface area contributed by atoms with Crippen LogP contribution in [0.25, 0.3) is 0 Å². The maximum Gasteiger partial charge on any atom is 0.185 e. The molecule has 1 heterocycles. The Balaban J connectivity index is 2.64. The first-order valence-electron chi connectivity index (χ1n) is 5.26. The molecule has 0 saturated heterocycles. The molecule has 1 aromatic heterocycles. The Kier molecular flexibility index (Phi) is 6.07. The molecule has 0 aliphatic heterocycles. The number of pyridine rings is 1. The molecule has 0 spiro atoms. The molecule has 0 fully saturated rings. The third kappa shape index (κ3) is 4.56. The van der Waals surface area contributed by atoms with E-state index in [0.29, 0.717) is 10.4 Å². The summed E-state index contributed by atoms with van der Waals surface area (Å²) in [7, 11) is 0. The lowest BCUT2D eigenvalue weighted by Gasteiger charge is -2.17. The summed E-state index contributed by atoms with van der Waals surface area (Å²) in [5.41, 5.74) is 0.0182. The van der Waals surface area contributed by atoms with E-state index in [9.17, 15) is 20.1 Å². The fourth-order valence-electron chi connectivity index (χ4n) is 1.32. The maximum atomic E-state index is 10.7. The number of aliphatic hydroxyl groups excluding tert-OH is 2. The van der Waals surface area contributed by atoms with Crippen molar-refractivity contribution in [3.8, 4) is 5.75 Å². The maximum absolute atomic E-state index is 10.7. The topological polar surface area (TPSA) is 90.7 Å². The van der Waals surface area contributed by atoms with Crippen LogP contribution in [0.5, 0.6) is 5.75 Å². The number of aromatic nitrogens is 1. The molecule has 0 radical (unpaired) electrons. The number of rotatable bonds is 5. The van der Waals surface area contributed by atoms with Crippen LogP contribution in [0.1, 0.15) is 25.1 Å². The molecule has 0 amide bonds. The van der Waals surface area contributed by atoms with E-state index in [1.54, 1.807) is 0 Å². The summed E-state index contributed by atoms with van der Waals surface area (Å²) >= 11 is 4.20. The summed E-state index contributed by atoms with van der Waals surface area (Å²) < 4.78 is 0.458. The van der Waals surface area contributed by atoms with Crippen LogP contribution in [-0.4, -0.2) is 37.3 Å². The summed E-state index contributed by atoms with van der Waals surface area (Å²) in [6.07, 6.45) is -2.13. The van der Waals surface area contributed by atoms with E-state index in [1.165, 1.54) is 19.1 Å². The van der Waals surface area contributed by atoms with E-state index in [1.807, 2.05) is 0 Å². The Morgan fingerprint density at radius 1 is 1.50 bits per heavy atom. The molecule has 100 valence electrons. The number of thioether (sulfide) groups is 1. The van der Waals surface area contributed by atoms with Gasteiger partial charge < -0.3 is 15.3 Å². The highest BCUT2D eigenvalue weighted by Gasteiger charge is 2.23. The molecule has 0 saturated carbocycles. The first-order valence-corrected chi connectivity index (χ1v) is 7.04. The molecule has 18 heavy (non-hydrogen) atoms. The van der Waals surface area contributed by atoms with Gasteiger partial charge in [-0.2, -0.15) is 0 Å². The molecular formula is C11H14BrNO4S. The SMILES string of the molecule is CC(=O)SCCC(O)C(O)c1nc(Br)ccc1O. The smallest absolute Gasteiger partial charge is 0.185 e. The molecular weight excluding hydrogens is 322 g/mol. The van der Waals surface area contributed by atoms with Crippen molar-refractivity contribution >= 4 is 32.8 Å². The van der Waals surface area contributed by atoms with Gasteiger partial charge in [0.1, 0.15) is 22.2 Å². The molecule has 0 aliphatic rings. The van der Waals surface area contributed by atoms with Gasteiger partial charge in [-0.3, -0.25) is 4.79 Å². The quantitative estimate of drug-likeness (QED) is 0.708. The predicted octanol–water partition coefficient (Wildman–Crippen LogP) is 1.61. The first kappa shape index (κ1) is 15.4. The Morgan fingerprint density at radius 3 is 2.78 bits per heavy atom. The second-order valence-corrected chi connectivity index (χ2v) is 5.76. The summed E-state index contributed by atoms with van der Waals surface area (Å²) in [6, 6.07) is 2.91. The second-order valence-electron chi connectivity index (χ2n) is 3.68. The molecule has 5 nitrogen and oxygen atoms in total. The number of hydrogen-bond donors (Lipinski definition) is 3. The van der Waals surface area contributed by atoms with Crippen LogP contribution < -0.4 is 0 Å². The van der Waals surface area contributed by atoms with Crippen molar-refractivity contribution < 1.29 is 20.1 Å². The monoisotopic (exact) mass is 335 g/mol. The van der Waals surface area contributed by atoms with Crippen molar-refractivity contribution in [2.24, 2.45) is 0 Å². The second kappa shape index (κ2) is 7.08. The summed E-state index contributed by atoms with van der Waals surface area (Å²) in [4.78, 5) is 14.6. The number of carbonyl (C=O) groups is 1. The van der Waals surface area contributed by atoms with Crippen molar-refractivity contribution in [1.82, 2.24) is 4.98 Å². The lowest BCUT2D eigenvalue weighted by atomic mass is 10.1. The van der Waals surface area contributed by atoms with Crippen molar-refractivity contribution in [3.05, 3.63) is 22.4 Å². The summed E-state index contributed by atoms with van der Waals surface area (Å²) in [5.74, 6) is 0.228. The Hall–Kier alpha value is -0.630. The van der Waals surface area contributed by atoms with Crippen LogP contribution in [0.4, 0.5) is 0 Å². The largest absolute Gasteiger partial charge is 0.506 e. The van der Waals surface area contributed by atoms with Crippen LogP contribution in [0, 0.1) is 0 Å². The van der Waals surface area contributed by atoms with Crippen LogP contribution in [0.2, 0.25) is 0 Å². The minimum Gasteiger partial charge on any atom is -0.506 e. The molecule has 2 atom stereocenters. The van der Waals surface area contributed by atoms with Crippen LogP contribution in [0.15, 0.2) is 16.7 Å². The lowest BCUT2D eigenvalue weighted by molar-refractivity contribution is -0.109. The number of halogens is 1. The van der Waals surface area contributed by atoms with E-state index in [4.69, 9.17) is 0 Å². The lowest BCUT2D eigenvalue weighted by Crippen LogP contribution is -2.20. The van der Waals surface area contributed by atoms with Crippen LogP contribution in [-0.2, 0) is 4.79 Å². The van der Waals surface area contributed by atoms with Gasteiger partial charge >= 0.3 is 0 Å². The van der Waals surface area contributed by atoms with E-state index in [0.717, 1.165) is 11.8 Å². The van der Waals surface area contributed by atoms with Gasteiger partial charge in [0.25, 0.3) is 0 Å². The third-order valence-electron chi connectivity index (χ3n) is 2.23. The molecule has 0 aromatic carbocycles. The highest BCUT2D eigenvalue weighted by Crippen LogP contribution is 2.27. The highest BCUT2D eigenvalue weighted by atomic mass is 79.9. The summed E-state index contributed by atoms with van der Waals surface area (Å²) in [5, 5.41) is 29.1. The van der Waals surface area contributed by atoms with E-state index >= 15 is 0 Å². The van der Waals surface area contributed by atoms with Gasteiger partial charge in [-0.25, -0.2) is 4.98 Å². The normalized spacial score (nSPS) is 14.2. The summed E-state index contributed by atoms with van der Waals surface area (Å²) in [6.45, 7) is 1.44. The molecule has 7 heteroatoms. The zero-order valence-corrected chi connectivity index (χ0v) is 12.1. The zero-order valence-electron chi connectivity index (χ0n) is 9.71. The van der Waals surface area contributed by atoms with Gasteiger partial charge in [0.15, 0.2) is 5.12 Å². The Labute approximate surface area is 117 Å². The third-order valence-corrected chi connectivity index (χ3v) is 3.52. The number of aliphatic hydroxyl groups is 2. The van der Waals surface area contributed by atoms with Crippen LogP contribution in [0.3, 0.4) is 0 Å².